The molecule has 152 valence electrons. The Hall–Kier alpha value is -2.69. The number of sulfonamides is 1. The molecule has 0 unspecified atom stereocenters. The second-order valence-corrected chi connectivity index (χ2v) is 9.39. The molecule has 10 heteroatoms. The molecule has 3 rings (SSSR count). The number of hydrazine groups is 1. The summed E-state index contributed by atoms with van der Waals surface area (Å²) in [4.78, 5) is 24.3. The van der Waals surface area contributed by atoms with Crippen molar-refractivity contribution in [2.75, 3.05) is 13.6 Å². The Labute approximate surface area is 176 Å². The van der Waals surface area contributed by atoms with Gasteiger partial charge in [0.25, 0.3) is 11.8 Å². The van der Waals surface area contributed by atoms with E-state index in [1.165, 1.54) is 13.1 Å². The number of likely N-dealkylation sites (N-methyl/N-ethyl adjacent to an activating group) is 1. The van der Waals surface area contributed by atoms with Crippen molar-refractivity contribution in [3.63, 3.8) is 0 Å². The Bertz CT molecular complexity index is 1190. The molecule has 1 heterocycles. The molecule has 0 radical (unpaired) electrons. The summed E-state index contributed by atoms with van der Waals surface area (Å²) in [5.41, 5.74) is 4.83. The maximum Gasteiger partial charge on any atom is 0.286 e. The second-order valence-electron chi connectivity index (χ2n) is 6.43. The quantitative estimate of drug-likeness (QED) is 0.547. The molecule has 0 aliphatic carbocycles. The van der Waals surface area contributed by atoms with Crippen LogP contribution in [0.3, 0.4) is 0 Å². The van der Waals surface area contributed by atoms with Crippen LogP contribution in [-0.2, 0) is 21.9 Å². The predicted octanol–water partition coefficient (Wildman–Crippen LogP) is 2.02. The lowest BCUT2D eigenvalue weighted by Crippen LogP contribution is -2.47. The highest BCUT2D eigenvalue weighted by Gasteiger charge is 2.23. The van der Waals surface area contributed by atoms with Crippen LogP contribution in [0.15, 0.2) is 64.1 Å². The lowest BCUT2D eigenvalue weighted by atomic mass is 10.1. The van der Waals surface area contributed by atoms with Gasteiger partial charge >= 0.3 is 0 Å². The molecule has 0 aliphatic heterocycles. The number of rotatable bonds is 5. The number of benzene rings is 2. The van der Waals surface area contributed by atoms with Gasteiger partial charge in [-0.2, -0.15) is 4.31 Å². The zero-order valence-corrected chi connectivity index (χ0v) is 18.1. The van der Waals surface area contributed by atoms with Gasteiger partial charge in [0, 0.05) is 24.8 Å². The average molecular weight is 479 g/mol. The lowest BCUT2D eigenvalue weighted by Gasteiger charge is -2.17. The monoisotopic (exact) mass is 478 g/mol. The average Bonchev–Trinajstić information content (AvgIpc) is 3.03. The SMILES string of the molecule is CN(CC(=O)NNC(=O)c1cc(Br)cn1C)S(=O)(=O)c1ccc2ccccc2c1. The molecule has 29 heavy (non-hydrogen) atoms. The fourth-order valence-corrected chi connectivity index (χ4v) is 4.46. The zero-order chi connectivity index (χ0) is 21.2. The third-order valence-corrected chi connectivity index (χ3v) is 6.55. The highest BCUT2D eigenvalue weighted by Crippen LogP contribution is 2.21. The summed E-state index contributed by atoms with van der Waals surface area (Å²) in [6, 6.07) is 13.8. The Morgan fingerprint density at radius 3 is 2.41 bits per heavy atom. The van der Waals surface area contributed by atoms with Gasteiger partial charge in [-0.15, -0.1) is 0 Å². The van der Waals surface area contributed by atoms with Crippen molar-refractivity contribution in [2.45, 2.75) is 4.90 Å². The summed E-state index contributed by atoms with van der Waals surface area (Å²) >= 11 is 3.26. The number of aromatic nitrogens is 1. The van der Waals surface area contributed by atoms with E-state index in [-0.39, 0.29) is 4.90 Å². The summed E-state index contributed by atoms with van der Waals surface area (Å²) in [7, 11) is -0.878. The number of nitrogens with one attached hydrogen (secondary N) is 2. The van der Waals surface area contributed by atoms with Crippen LogP contribution in [0.4, 0.5) is 0 Å². The smallest absolute Gasteiger partial charge is 0.286 e. The van der Waals surface area contributed by atoms with E-state index in [1.54, 1.807) is 36.0 Å². The molecule has 1 aromatic heterocycles. The van der Waals surface area contributed by atoms with Crippen molar-refractivity contribution >= 4 is 48.5 Å². The molecule has 3 aromatic rings. The molecule has 2 amide bonds. The van der Waals surface area contributed by atoms with E-state index >= 15 is 0 Å². The van der Waals surface area contributed by atoms with Crippen molar-refractivity contribution < 1.29 is 18.0 Å². The van der Waals surface area contributed by atoms with Crippen LogP contribution < -0.4 is 10.9 Å². The Balaban J connectivity index is 1.64. The van der Waals surface area contributed by atoms with Crippen LogP contribution in [0.1, 0.15) is 10.5 Å². The maximum atomic E-state index is 12.8. The minimum Gasteiger partial charge on any atom is -0.345 e. The van der Waals surface area contributed by atoms with Crippen molar-refractivity contribution in [3.8, 4) is 0 Å². The summed E-state index contributed by atoms with van der Waals surface area (Å²) in [5, 5.41) is 1.70. The molecule has 0 spiro atoms. The fraction of sp³-hybridized carbons (Fsp3) is 0.158. The van der Waals surface area contributed by atoms with Crippen molar-refractivity contribution in [3.05, 3.63) is 64.9 Å². The molecule has 0 saturated heterocycles. The number of carbonyl (C=O) groups is 2. The van der Waals surface area contributed by atoms with Gasteiger partial charge < -0.3 is 4.57 Å². The van der Waals surface area contributed by atoms with Gasteiger partial charge in [-0.05, 0) is 44.9 Å². The first kappa shape index (κ1) is 21.0. The highest BCUT2D eigenvalue weighted by molar-refractivity contribution is 9.10. The van der Waals surface area contributed by atoms with E-state index in [0.717, 1.165) is 19.6 Å². The number of hydrogen-bond acceptors (Lipinski definition) is 4. The molecular weight excluding hydrogens is 460 g/mol. The van der Waals surface area contributed by atoms with Crippen molar-refractivity contribution in [1.82, 2.24) is 19.7 Å². The molecule has 2 N–H and O–H groups in total. The van der Waals surface area contributed by atoms with Crippen LogP contribution in [0.25, 0.3) is 10.8 Å². The molecule has 0 aliphatic rings. The number of fused-ring (bicyclic) bond motifs is 1. The molecule has 2 aromatic carbocycles. The molecular formula is C19H19BrN4O4S. The first-order valence-electron chi connectivity index (χ1n) is 8.54. The molecule has 8 nitrogen and oxygen atoms in total. The van der Waals surface area contributed by atoms with Crippen LogP contribution in [-0.4, -0.2) is 42.7 Å². The Morgan fingerprint density at radius 2 is 1.76 bits per heavy atom. The minimum atomic E-state index is -3.87. The topological polar surface area (TPSA) is 101 Å². The van der Waals surface area contributed by atoms with E-state index < -0.39 is 28.4 Å². The summed E-state index contributed by atoms with van der Waals surface area (Å²) in [6.45, 7) is -0.452. The number of halogens is 1. The summed E-state index contributed by atoms with van der Waals surface area (Å²) in [5.74, 6) is -1.19. The van der Waals surface area contributed by atoms with Crippen LogP contribution in [0, 0.1) is 0 Å². The summed E-state index contributed by atoms with van der Waals surface area (Å²) in [6.07, 6.45) is 1.70. The molecule has 0 saturated carbocycles. The standard InChI is InChI=1S/C19H19BrN4O4S/c1-23-11-15(20)10-17(23)19(26)22-21-18(25)12-24(2)29(27,28)16-8-7-13-5-3-4-6-14(13)9-16/h3-11H,12H2,1-2H3,(H,21,25)(H,22,26). The van der Waals surface area contributed by atoms with Gasteiger partial charge in [-0.1, -0.05) is 30.3 Å². The first-order chi connectivity index (χ1) is 13.7. The summed E-state index contributed by atoms with van der Waals surface area (Å²) < 4.78 is 28.8. The number of amides is 2. The zero-order valence-electron chi connectivity index (χ0n) is 15.7. The van der Waals surface area contributed by atoms with Gasteiger partial charge in [0.1, 0.15) is 5.69 Å². The number of nitrogens with zero attached hydrogens (tertiary/aromatic N) is 2. The second kappa shape index (κ2) is 8.36. The van der Waals surface area contributed by atoms with E-state index in [2.05, 4.69) is 26.8 Å². The molecule has 0 atom stereocenters. The predicted molar refractivity (Wildman–Crippen MR) is 112 cm³/mol. The maximum absolute atomic E-state index is 12.8. The molecule has 0 fully saturated rings. The largest absolute Gasteiger partial charge is 0.345 e. The van der Waals surface area contributed by atoms with E-state index in [0.29, 0.717) is 5.69 Å². The van der Waals surface area contributed by atoms with E-state index in [1.807, 2.05) is 24.3 Å². The Kier molecular flexibility index (Phi) is 6.06. The number of hydrogen-bond donors (Lipinski definition) is 2. The Morgan fingerprint density at radius 1 is 1.07 bits per heavy atom. The minimum absolute atomic E-state index is 0.0872. The van der Waals surface area contributed by atoms with Gasteiger partial charge in [0.15, 0.2) is 0 Å². The van der Waals surface area contributed by atoms with Crippen LogP contribution >= 0.6 is 15.9 Å². The van der Waals surface area contributed by atoms with Crippen molar-refractivity contribution in [1.29, 1.82) is 0 Å². The van der Waals surface area contributed by atoms with E-state index in [4.69, 9.17) is 0 Å². The number of aryl methyl sites for hydroxylation is 1. The van der Waals surface area contributed by atoms with Crippen LogP contribution in [0.5, 0.6) is 0 Å². The normalized spacial score (nSPS) is 11.6. The first-order valence-corrected chi connectivity index (χ1v) is 10.8. The van der Waals surface area contributed by atoms with Gasteiger partial charge in [0.2, 0.25) is 10.0 Å². The van der Waals surface area contributed by atoms with Gasteiger partial charge in [-0.25, -0.2) is 8.42 Å². The lowest BCUT2D eigenvalue weighted by molar-refractivity contribution is -0.121. The number of carbonyl (C=O) groups excluding carboxylic acids is 2. The van der Waals surface area contributed by atoms with Crippen molar-refractivity contribution in [2.24, 2.45) is 7.05 Å². The van der Waals surface area contributed by atoms with E-state index in [9.17, 15) is 18.0 Å². The van der Waals surface area contributed by atoms with Gasteiger partial charge in [-0.3, -0.25) is 20.4 Å². The molecule has 0 bridgehead atoms. The fourth-order valence-electron chi connectivity index (χ4n) is 2.78. The van der Waals surface area contributed by atoms with Gasteiger partial charge in [0.05, 0.1) is 11.4 Å². The van der Waals surface area contributed by atoms with Crippen LogP contribution in [0.2, 0.25) is 0 Å². The highest BCUT2D eigenvalue weighted by atomic mass is 79.9. The third kappa shape index (κ3) is 4.66. The third-order valence-electron chi connectivity index (χ3n) is 4.32.